The average molecular weight is 485 g/mol. The van der Waals surface area contributed by atoms with Crippen LogP contribution in [0.15, 0.2) is 24.3 Å². The molecule has 184 valence electrons. The number of hydrogen-bond donors (Lipinski definition) is 2. The number of ether oxygens (including phenoxy) is 1. The highest BCUT2D eigenvalue weighted by molar-refractivity contribution is 5.94. The van der Waals surface area contributed by atoms with Gasteiger partial charge < -0.3 is 15.4 Å². The lowest BCUT2D eigenvalue weighted by atomic mass is 9.88. The first kappa shape index (κ1) is 23.4. The van der Waals surface area contributed by atoms with Gasteiger partial charge in [0, 0.05) is 35.9 Å². The van der Waals surface area contributed by atoms with Crippen molar-refractivity contribution in [2.24, 2.45) is 0 Å². The second-order valence-electron chi connectivity index (χ2n) is 9.20. The Labute approximate surface area is 201 Å². The maximum absolute atomic E-state index is 14.8. The van der Waals surface area contributed by atoms with Gasteiger partial charge in [-0.05, 0) is 44.2 Å². The minimum Gasteiger partial charge on any atom is -0.493 e. The molecule has 1 aromatic heterocycles. The number of carbonyl (C=O) groups excluding carboxylic acids is 1. The van der Waals surface area contributed by atoms with Crippen LogP contribution in [0.3, 0.4) is 0 Å². The monoisotopic (exact) mass is 484 g/mol. The first-order valence-corrected chi connectivity index (χ1v) is 11.9. The fraction of sp³-hybridized carbons (Fsp3) is 0.423. The number of amides is 1. The van der Waals surface area contributed by atoms with E-state index in [0.29, 0.717) is 37.6 Å². The van der Waals surface area contributed by atoms with Gasteiger partial charge in [0.25, 0.3) is 6.43 Å². The second-order valence-corrected chi connectivity index (χ2v) is 9.20. The third-order valence-corrected chi connectivity index (χ3v) is 6.81. The van der Waals surface area contributed by atoms with Crippen LogP contribution < -0.4 is 15.4 Å². The van der Waals surface area contributed by atoms with Crippen molar-refractivity contribution in [2.75, 3.05) is 18.5 Å². The van der Waals surface area contributed by atoms with E-state index in [1.165, 1.54) is 12.1 Å². The number of halogens is 3. The second kappa shape index (κ2) is 9.36. The molecular formula is C26H27F3N4O2. The van der Waals surface area contributed by atoms with Crippen molar-refractivity contribution in [3.63, 3.8) is 0 Å². The van der Waals surface area contributed by atoms with Crippen LogP contribution >= 0.6 is 0 Å². The molecule has 0 unspecified atom stereocenters. The molecule has 0 radical (unpaired) electrons. The number of aromatic nitrogens is 2. The molecule has 2 aliphatic rings. The van der Waals surface area contributed by atoms with Gasteiger partial charge in [-0.1, -0.05) is 18.2 Å². The van der Waals surface area contributed by atoms with E-state index >= 15 is 0 Å². The molecule has 2 aliphatic heterocycles. The topological polar surface area (TPSA) is 76.1 Å². The van der Waals surface area contributed by atoms with Gasteiger partial charge in [0.1, 0.15) is 23.2 Å². The lowest BCUT2D eigenvalue weighted by molar-refractivity contribution is -0.121. The fourth-order valence-corrected chi connectivity index (χ4v) is 5.12. The first-order chi connectivity index (χ1) is 16.8. The molecule has 0 bridgehead atoms. The summed E-state index contributed by atoms with van der Waals surface area (Å²) in [6, 6.07) is 5.38. The van der Waals surface area contributed by atoms with Crippen molar-refractivity contribution < 1.29 is 22.7 Å². The summed E-state index contributed by atoms with van der Waals surface area (Å²) in [5.41, 5.74) is 2.20. The van der Waals surface area contributed by atoms with Crippen LogP contribution in [0.4, 0.5) is 19.0 Å². The van der Waals surface area contributed by atoms with Crippen LogP contribution in [-0.4, -0.2) is 29.0 Å². The summed E-state index contributed by atoms with van der Waals surface area (Å²) in [5.74, 6) is 0.920. The Morgan fingerprint density at radius 1 is 1.23 bits per heavy atom. The molecule has 2 N–H and O–H groups in total. The number of hydrogen-bond acceptors (Lipinski definition) is 5. The van der Waals surface area contributed by atoms with Gasteiger partial charge in [-0.15, -0.1) is 0 Å². The molecule has 2 aromatic carbocycles. The summed E-state index contributed by atoms with van der Waals surface area (Å²) in [7, 11) is 0. The predicted molar refractivity (Wildman–Crippen MR) is 126 cm³/mol. The van der Waals surface area contributed by atoms with E-state index in [9.17, 15) is 18.0 Å². The van der Waals surface area contributed by atoms with Gasteiger partial charge in [0.05, 0.1) is 23.7 Å². The summed E-state index contributed by atoms with van der Waals surface area (Å²) in [4.78, 5) is 21.5. The predicted octanol–water partition coefficient (Wildman–Crippen LogP) is 5.51. The molecule has 5 rings (SSSR count). The number of anilines is 1. The standard InChI is InChI=1S/C26H27F3N4O2/c1-13(16-6-3-7-17(22(16)27)25(28)29)31-26-20-12-19(15-5-4-9-30-21(34)11-15)24-18(8-10-35-24)23(20)32-14(2)33-26/h3,6-7,12-13,15,25H,4-5,8-11H2,1-2H3,(H,30,34)(H,31,32,33)/t13-,15+/m1/s1. The van der Waals surface area contributed by atoms with Crippen molar-refractivity contribution in [3.05, 3.63) is 58.2 Å². The zero-order valence-electron chi connectivity index (χ0n) is 19.6. The van der Waals surface area contributed by atoms with Crippen LogP contribution in [0.1, 0.15) is 72.6 Å². The third kappa shape index (κ3) is 4.39. The smallest absolute Gasteiger partial charge is 0.266 e. The summed E-state index contributed by atoms with van der Waals surface area (Å²) in [6.07, 6.45) is -0.118. The molecule has 0 aliphatic carbocycles. The summed E-state index contributed by atoms with van der Waals surface area (Å²) >= 11 is 0. The van der Waals surface area contributed by atoms with E-state index in [1.54, 1.807) is 13.8 Å². The molecular weight excluding hydrogens is 457 g/mol. The molecule has 3 aromatic rings. The fourth-order valence-electron chi connectivity index (χ4n) is 5.12. The largest absolute Gasteiger partial charge is 0.493 e. The number of benzene rings is 2. The normalized spacial score (nSPS) is 18.7. The maximum Gasteiger partial charge on any atom is 0.266 e. The van der Waals surface area contributed by atoms with Crippen LogP contribution in [0.5, 0.6) is 5.75 Å². The number of nitrogens with one attached hydrogen (secondary N) is 2. The molecule has 6 nitrogen and oxygen atoms in total. The Morgan fingerprint density at radius 3 is 2.83 bits per heavy atom. The Kier molecular flexibility index (Phi) is 6.25. The van der Waals surface area contributed by atoms with Crippen molar-refractivity contribution in [2.45, 2.75) is 57.9 Å². The lowest BCUT2D eigenvalue weighted by Crippen LogP contribution is -2.22. The number of fused-ring (bicyclic) bond motifs is 3. The number of alkyl halides is 2. The van der Waals surface area contributed by atoms with E-state index in [-0.39, 0.29) is 17.4 Å². The molecule has 35 heavy (non-hydrogen) atoms. The van der Waals surface area contributed by atoms with Crippen molar-refractivity contribution >= 4 is 22.6 Å². The average Bonchev–Trinajstić information content (AvgIpc) is 3.21. The van der Waals surface area contributed by atoms with Gasteiger partial charge in [-0.25, -0.2) is 23.1 Å². The highest BCUT2D eigenvalue weighted by Gasteiger charge is 2.29. The number of aryl methyl sites for hydroxylation is 1. The minimum absolute atomic E-state index is 0.000458. The van der Waals surface area contributed by atoms with E-state index in [1.807, 2.05) is 6.07 Å². The van der Waals surface area contributed by atoms with Gasteiger partial charge in [-0.2, -0.15) is 0 Å². The molecule has 9 heteroatoms. The minimum atomic E-state index is -2.90. The van der Waals surface area contributed by atoms with Gasteiger partial charge in [0.2, 0.25) is 5.91 Å². The summed E-state index contributed by atoms with van der Waals surface area (Å²) in [5, 5.41) is 6.91. The van der Waals surface area contributed by atoms with Crippen LogP contribution in [0.25, 0.3) is 10.9 Å². The Hall–Kier alpha value is -3.36. The van der Waals surface area contributed by atoms with Crippen molar-refractivity contribution in [1.82, 2.24) is 15.3 Å². The van der Waals surface area contributed by atoms with Crippen LogP contribution in [0, 0.1) is 12.7 Å². The molecule has 1 saturated heterocycles. The SMILES string of the molecule is Cc1nc(N[C@H](C)c2cccc(C(F)F)c2F)c2cc([C@H]3CCCNC(=O)C3)c3c(c2n1)CCO3. The number of carbonyl (C=O) groups is 1. The van der Waals surface area contributed by atoms with Gasteiger partial charge in [0.15, 0.2) is 0 Å². The molecule has 2 atom stereocenters. The van der Waals surface area contributed by atoms with Gasteiger partial charge in [-0.3, -0.25) is 4.79 Å². The van der Waals surface area contributed by atoms with E-state index in [2.05, 4.69) is 20.6 Å². The summed E-state index contributed by atoms with van der Waals surface area (Å²) < 4.78 is 47.3. The first-order valence-electron chi connectivity index (χ1n) is 11.9. The van der Waals surface area contributed by atoms with E-state index in [0.717, 1.165) is 46.7 Å². The third-order valence-electron chi connectivity index (χ3n) is 6.81. The van der Waals surface area contributed by atoms with Crippen molar-refractivity contribution in [3.8, 4) is 5.75 Å². The molecule has 3 heterocycles. The summed E-state index contributed by atoms with van der Waals surface area (Å²) in [6.45, 7) is 4.68. The quantitative estimate of drug-likeness (QED) is 0.500. The molecule has 1 fully saturated rings. The molecule has 0 spiro atoms. The number of nitrogens with zero attached hydrogens (tertiary/aromatic N) is 2. The molecule has 0 saturated carbocycles. The van der Waals surface area contributed by atoms with Crippen molar-refractivity contribution in [1.29, 1.82) is 0 Å². The zero-order valence-corrected chi connectivity index (χ0v) is 19.6. The Bertz CT molecular complexity index is 1300. The van der Waals surface area contributed by atoms with Gasteiger partial charge >= 0.3 is 0 Å². The van der Waals surface area contributed by atoms with Crippen LogP contribution in [-0.2, 0) is 11.2 Å². The number of rotatable bonds is 5. The maximum atomic E-state index is 14.8. The van der Waals surface area contributed by atoms with E-state index < -0.39 is 23.8 Å². The van der Waals surface area contributed by atoms with E-state index in [4.69, 9.17) is 4.74 Å². The molecule has 1 amide bonds. The lowest BCUT2D eigenvalue weighted by Gasteiger charge is -2.21. The van der Waals surface area contributed by atoms with Crippen LogP contribution in [0.2, 0.25) is 0 Å². The zero-order chi connectivity index (χ0) is 24.7. The Morgan fingerprint density at radius 2 is 2.03 bits per heavy atom. The highest BCUT2D eigenvalue weighted by atomic mass is 19.3. The highest BCUT2D eigenvalue weighted by Crippen LogP contribution is 2.43. The Balaban J connectivity index is 1.60.